The number of hydrazine groups is 1. The van der Waals surface area contributed by atoms with Gasteiger partial charge in [0.1, 0.15) is 10.3 Å². The first-order valence-corrected chi connectivity index (χ1v) is 4.56. The summed E-state index contributed by atoms with van der Waals surface area (Å²) in [6, 6.07) is 2.90. The second kappa shape index (κ2) is 4.59. The first-order chi connectivity index (χ1) is 6.49. The van der Waals surface area contributed by atoms with Gasteiger partial charge in [0.05, 0.1) is 0 Å². The van der Waals surface area contributed by atoms with Crippen LogP contribution in [0, 0.1) is 0 Å². The predicted octanol–water partition coefficient (Wildman–Crippen LogP) is 1.59. The molecular weight excluding hydrogens is 225 g/mol. The molecule has 14 heavy (non-hydrogen) atoms. The lowest BCUT2D eigenvalue weighted by Crippen LogP contribution is -2.36. The molecule has 0 radical (unpaired) electrons. The van der Waals surface area contributed by atoms with Crippen molar-refractivity contribution < 1.29 is 4.79 Å². The fraction of sp³-hybridized carbons (Fsp3) is 0.250. The van der Waals surface area contributed by atoms with E-state index in [1.54, 1.807) is 14.1 Å². The Balaban J connectivity index is 2.90. The highest BCUT2D eigenvalue weighted by molar-refractivity contribution is 6.33. The van der Waals surface area contributed by atoms with Crippen molar-refractivity contribution in [2.75, 3.05) is 14.1 Å². The summed E-state index contributed by atoms with van der Waals surface area (Å²) in [6.45, 7) is 0. The Morgan fingerprint density at radius 3 is 2.29 bits per heavy atom. The third-order valence-corrected chi connectivity index (χ3v) is 1.74. The van der Waals surface area contributed by atoms with Crippen molar-refractivity contribution in [3.8, 4) is 0 Å². The summed E-state index contributed by atoms with van der Waals surface area (Å²) in [4.78, 5) is 15.2. The van der Waals surface area contributed by atoms with E-state index < -0.39 is 0 Å². The smallest absolute Gasteiger partial charge is 0.265 e. The molecule has 1 heterocycles. The summed E-state index contributed by atoms with van der Waals surface area (Å²) in [6.07, 6.45) is 0. The lowest BCUT2D eigenvalue weighted by molar-refractivity contribution is 0.0857. The highest BCUT2D eigenvalue weighted by atomic mass is 35.5. The number of hydrogen-bond acceptors (Lipinski definition) is 3. The zero-order chi connectivity index (χ0) is 10.7. The van der Waals surface area contributed by atoms with E-state index >= 15 is 0 Å². The van der Waals surface area contributed by atoms with Crippen LogP contribution in [-0.4, -0.2) is 30.0 Å². The molecule has 1 aromatic rings. The number of pyridine rings is 1. The van der Waals surface area contributed by atoms with E-state index in [0.29, 0.717) is 5.56 Å². The summed E-state index contributed by atoms with van der Waals surface area (Å²) >= 11 is 11.3. The average Bonchev–Trinajstić information content (AvgIpc) is 2.00. The van der Waals surface area contributed by atoms with E-state index in [2.05, 4.69) is 10.4 Å². The molecule has 1 aromatic heterocycles. The summed E-state index contributed by atoms with van der Waals surface area (Å²) in [7, 11) is 3.42. The van der Waals surface area contributed by atoms with Crippen LogP contribution in [0.2, 0.25) is 10.3 Å². The third-order valence-electron chi connectivity index (χ3n) is 1.35. The molecule has 0 atom stereocenters. The monoisotopic (exact) mass is 233 g/mol. The second-order valence-corrected chi connectivity index (χ2v) is 3.61. The topological polar surface area (TPSA) is 45.2 Å². The Hall–Kier alpha value is -0.840. The van der Waals surface area contributed by atoms with Gasteiger partial charge in [0.2, 0.25) is 0 Å². The van der Waals surface area contributed by atoms with Gasteiger partial charge >= 0.3 is 0 Å². The normalized spacial score (nSPS) is 10.4. The van der Waals surface area contributed by atoms with E-state index in [4.69, 9.17) is 23.2 Å². The summed E-state index contributed by atoms with van der Waals surface area (Å²) in [5.74, 6) is -0.277. The Bertz CT molecular complexity index is 334. The maximum atomic E-state index is 11.5. The molecule has 76 valence electrons. The quantitative estimate of drug-likeness (QED) is 0.624. The Labute approximate surface area is 91.8 Å². The zero-order valence-corrected chi connectivity index (χ0v) is 9.23. The van der Waals surface area contributed by atoms with Crippen LogP contribution in [0.5, 0.6) is 0 Å². The molecular formula is C8H9Cl2N3O. The average molecular weight is 234 g/mol. The summed E-state index contributed by atoms with van der Waals surface area (Å²) < 4.78 is 0. The largest absolute Gasteiger partial charge is 0.285 e. The van der Waals surface area contributed by atoms with Crippen LogP contribution in [-0.2, 0) is 0 Å². The van der Waals surface area contributed by atoms with E-state index in [-0.39, 0.29) is 16.2 Å². The van der Waals surface area contributed by atoms with E-state index in [0.717, 1.165) is 0 Å². The van der Waals surface area contributed by atoms with Crippen LogP contribution in [0.15, 0.2) is 12.1 Å². The number of nitrogens with one attached hydrogen (secondary N) is 1. The molecule has 0 aliphatic carbocycles. The van der Waals surface area contributed by atoms with Gasteiger partial charge in [-0.25, -0.2) is 9.99 Å². The molecule has 0 aliphatic heterocycles. The molecule has 4 nitrogen and oxygen atoms in total. The van der Waals surface area contributed by atoms with Crippen LogP contribution >= 0.6 is 23.2 Å². The summed E-state index contributed by atoms with van der Waals surface area (Å²) in [5, 5.41) is 1.92. The molecule has 1 rings (SSSR count). The van der Waals surface area contributed by atoms with Crippen molar-refractivity contribution in [3.05, 3.63) is 28.0 Å². The van der Waals surface area contributed by atoms with Crippen molar-refractivity contribution in [2.45, 2.75) is 0 Å². The number of nitrogens with zero attached hydrogens (tertiary/aromatic N) is 2. The van der Waals surface area contributed by atoms with Crippen molar-refractivity contribution in [2.24, 2.45) is 0 Å². The molecule has 0 saturated carbocycles. The number of carbonyl (C=O) groups excluding carboxylic acids is 1. The molecule has 0 aliphatic rings. The van der Waals surface area contributed by atoms with Gasteiger partial charge < -0.3 is 0 Å². The minimum absolute atomic E-state index is 0.196. The van der Waals surface area contributed by atoms with Crippen molar-refractivity contribution >= 4 is 29.1 Å². The number of rotatable bonds is 2. The third kappa shape index (κ3) is 3.14. The molecule has 1 amide bonds. The van der Waals surface area contributed by atoms with Gasteiger partial charge in [-0.3, -0.25) is 10.2 Å². The molecule has 1 N–H and O–H groups in total. The Morgan fingerprint density at radius 2 is 1.86 bits per heavy atom. The maximum Gasteiger partial charge on any atom is 0.265 e. The molecule has 0 unspecified atom stereocenters. The van der Waals surface area contributed by atoms with Crippen molar-refractivity contribution in [1.29, 1.82) is 0 Å². The fourth-order valence-corrected chi connectivity index (χ4v) is 1.32. The van der Waals surface area contributed by atoms with Crippen LogP contribution < -0.4 is 5.43 Å². The van der Waals surface area contributed by atoms with Gasteiger partial charge in [0.15, 0.2) is 0 Å². The maximum absolute atomic E-state index is 11.5. The first kappa shape index (κ1) is 11.2. The van der Waals surface area contributed by atoms with Gasteiger partial charge in [-0.15, -0.1) is 0 Å². The predicted molar refractivity (Wildman–Crippen MR) is 55.4 cm³/mol. The highest BCUT2D eigenvalue weighted by Gasteiger charge is 2.08. The minimum Gasteiger partial charge on any atom is -0.285 e. The SMILES string of the molecule is CN(C)NC(=O)c1cc(Cl)nc(Cl)c1. The lowest BCUT2D eigenvalue weighted by Gasteiger charge is -2.11. The van der Waals surface area contributed by atoms with E-state index in [1.165, 1.54) is 17.1 Å². The number of aromatic nitrogens is 1. The molecule has 0 saturated heterocycles. The zero-order valence-electron chi connectivity index (χ0n) is 7.71. The number of carbonyl (C=O) groups is 1. The van der Waals surface area contributed by atoms with Crippen molar-refractivity contribution in [3.63, 3.8) is 0 Å². The van der Waals surface area contributed by atoms with Crippen LogP contribution in [0.3, 0.4) is 0 Å². The highest BCUT2D eigenvalue weighted by Crippen LogP contribution is 2.14. The Kier molecular flexibility index (Phi) is 3.69. The van der Waals surface area contributed by atoms with Crippen LogP contribution in [0.25, 0.3) is 0 Å². The molecule has 0 spiro atoms. The van der Waals surface area contributed by atoms with Gasteiger partial charge in [0, 0.05) is 19.7 Å². The van der Waals surface area contributed by atoms with E-state index in [1.807, 2.05) is 0 Å². The Morgan fingerprint density at radius 1 is 1.36 bits per heavy atom. The molecule has 0 fully saturated rings. The number of amides is 1. The van der Waals surface area contributed by atoms with E-state index in [9.17, 15) is 4.79 Å². The molecule has 0 bridgehead atoms. The van der Waals surface area contributed by atoms with Crippen molar-refractivity contribution in [1.82, 2.24) is 15.4 Å². The first-order valence-electron chi connectivity index (χ1n) is 3.80. The second-order valence-electron chi connectivity index (χ2n) is 2.84. The molecule has 6 heteroatoms. The fourth-order valence-electron chi connectivity index (χ4n) is 0.864. The standard InChI is InChI=1S/C8H9Cl2N3O/c1-13(2)12-8(14)5-3-6(9)11-7(10)4-5/h3-4H,1-2H3,(H,12,14). The number of halogens is 2. The van der Waals surface area contributed by atoms with Gasteiger partial charge in [-0.2, -0.15) is 0 Å². The number of hydrogen-bond donors (Lipinski definition) is 1. The summed E-state index contributed by atoms with van der Waals surface area (Å²) in [5.41, 5.74) is 2.94. The minimum atomic E-state index is -0.277. The van der Waals surface area contributed by atoms with Gasteiger partial charge in [0.25, 0.3) is 5.91 Å². The van der Waals surface area contributed by atoms with Crippen LogP contribution in [0.1, 0.15) is 10.4 Å². The lowest BCUT2D eigenvalue weighted by atomic mass is 10.2. The molecule has 0 aromatic carbocycles. The van der Waals surface area contributed by atoms with Gasteiger partial charge in [-0.05, 0) is 12.1 Å². The van der Waals surface area contributed by atoms with Gasteiger partial charge in [-0.1, -0.05) is 23.2 Å². The van der Waals surface area contributed by atoms with Crippen LogP contribution in [0.4, 0.5) is 0 Å².